The molecule has 4 nitrogen and oxygen atoms in total. The molecule has 0 spiro atoms. The molecule has 24 heavy (non-hydrogen) atoms. The second-order valence-corrected chi connectivity index (χ2v) is 5.90. The van der Waals surface area contributed by atoms with Gasteiger partial charge in [-0.2, -0.15) is 0 Å². The van der Waals surface area contributed by atoms with Crippen LogP contribution in [0.2, 0.25) is 0 Å². The van der Waals surface area contributed by atoms with E-state index in [0.717, 1.165) is 21.9 Å². The van der Waals surface area contributed by atoms with Crippen LogP contribution in [-0.2, 0) is 11.3 Å². The van der Waals surface area contributed by atoms with E-state index in [4.69, 9.17) is 9.47 Å². The molecule has 2 aromatic carbocycles. The van der Waals surface area contributed by atoms with Gasteiger partial charge in [0.1, 0.15) is 5.75 Å². The summed E-state index contributed by atoms with van der Waals surface area (Å²) in [6.07, 6.45) is 1.99. The zero-order valence-electron chi connectivity index (χ0n) is 14.3. The van der Waals surface area contributed by atoms with Crippen molar-refractivity contribution in [2.75, 3.05) is 24.8 Å². The van der Waals surface area contributed by atoms with Crippen molar-refractivity contribution in [2.45, 2.75) is 25.3 Å². The van der Waals surface area contributed by atoms with E-state index >= 15 is 0 Å². The van der Waals surface area contributed by atoms with Gasteiger partial charge in [-0.05, 0) is 50.4 Å². The van der Waals surface area contributed by atoms with Crippen LogP contribution in [0, 0.1) is 0 Å². The summed E-state index contributed by atoms with van der Waals surface area (Å²) in [5.41, 5.74) is 2.28. The molecule has 128 valence electrons. The molecular weight excluding hydrogens is 322 g/mol. The zero-order chi connectivity index (χ0) is 17.4. The average Bonchev–Trinajstić information content (AvgIpc) is 2.61. The smallest absolute Gasteiger partial charge is 0.255 e. The summed E-state index contributed by atoms with van der Waals surface area (Å²) in [6.45, 7) is 5.49. The molecule has 0 heterocycles. The van der Waals surface area contributed by atoms with Crippen molar-refractivity contribution < 1.29 is 14.3 Å². The number of benzene rings is 2. The SMILES string of the molecule is CCOCc1cc(C(=O)Nc2ccccc2SC)ccc1OCC. The number of para-hydroxylation sites is 1. The summed E-state index contributed by atoms with van der Waals surface area (Å²) < 4.78 is 11.1. The predicted octanol–water partition coefficient (Wildman–Crippen LogP) is 4.60. The number of carbonyl (C=O) groups is 1. The van der Waals surface area contributed by atoms with Crippen molar-refractivity contribution >= 4 is 23.4 Å². The van der Waals surface area contributed by atoms with Gasteiger partial charge in [-0.25, -0.2) is 0 Å². The minimum atomic E-state index is -0.141. The van der Waals surface area contributed by atoms with E-state index < -0.39 is 0 Å². The molecule has 2 aromatic rings. The Bertz CT molecular complexity index is 688. The number of amides is 1. The van der Waals surface area contributed by atoms with E-state index in [1.54, 1.807) is 17.8 Å². The third kappa shape index (κ3) is 4.76. The molecule has 0 saturated heterocycles. The van der Waals surface area contributed by atoms with Crippen LogP contribution in [0.5, 0.6) is 5.75 Å². The number of nitrogens with one attached hydrogen (secondary N) is 1. The molecule has 0 aliphatic heterocycles. The fourth-order valence-electron chi connectivity index (χ4n) is 2.28. The Morgan fingerprint density at radius 2 is 1.92 bits per heavy atom. The third-order valence-corrected chi connectivity index (χ3v) is 4.24. The minimum absolute atomic E-state index is 0.141. The molecule has 5 heteroatoms. The van der Waals surface area contributed by atoms with E-state index in [-0.39, 0.29) is 5.91 Å². The quantitative estimate of drug-likeness (QED) is 0.711. The Hall–Kier alpha value is -1.98. The number of carbonyl (C=O) groups excluding carboxylic acids is 1. The lowest BCUT2D eigenvalue weighted by molar-refractivity contribution is 0.102. The molecule has 0 fully saturated rings. The summed E-state index contributed by atoms with van der Waals surface area (Å²) in [7, 11) is 0. The van der Waals surface area contributed by atoms with Gasteiger partial charge < -0.3 is 14.8 Å². The first kappa shape index (κ1) is 18.4. The molecule has 0 aromatic heterocycles. The monoisotopic (exact) mass is 345 g/mol. The van der Waals surface area contributed by atoms with Crippen molar-refractivity contribution in [2.24, 2.45) is 0 Å². The normalized spacial score (nSPS) is 10.5. The van der Waals surface area contributed by atoms with Crippen molar-refractivity contribution in [1.29, 1.82) is 0 Å². The molecule has 0 radical (unpaired) electrons. The Kier molecular flexibility index (Phi) is 7.15. The second-order valence-electron chi connectivity index (χ2n) is 5.05. The minimum Gasteiger partial charge on any atom is -0.494 e. The van der Waals surface area contributed by atoms with E-state index in [2.05, 4.69) is 5.32 Å². The maximum atomic E-state index is 12.6. The highest BCUT2D eigenvalue weighted by Crippen LogP contribution is 2.26. The molecule has 1 N–H and O–H groups in total. The maximum Gasteiger partial charge on any atom is 0.255 e. The molecule has 0 atom stereocenters. The van der Waals surface area contributed by atoms with Gasteiger partial charge in [0.05, 0.1) is 18.9 Å². The van der Waals surface area contributed by atoms with Gasteiger partial charge in [0, 0.05) is 22.6 Å². The van der Waals surface area contributed by atoms with Gasteiger partial charge in [0.25, 0.3) is 5.91 Å². The largest absolute Gasteiger partial charge is 0.494 e. The predicted molar refractivity (Wildman–Crippen MR) is 99.1 cm³/mol. The molecule has 0 unspecified atom stereocenters. The summed E-state index contributed by atoms with van der Waals surface area (Å²) in [5.74, 6) is 0.615. The van der Waals surface area contributed by atoms with E-state index in [9.17, 15) is 4.79 Å². The summed E-state index contributed by atoms with van der Waals surface area (Å²) in [6, 6.07) is 13.2. The molecule has 2 rings (SSSR count). The fraction of sp³-hybridized carbons (Fsp3) is 0.316. The standard InChI is InChI=1S/C19H23NO3S/c1-4-22-13-15-12-14(10-11-17(15)23-5-2)19(21)20-16-8-6-7-9-18(16)24-3/h6-12H,4-5,13H2,1-3H3,(H,20,21). The van der Waals surface area contributed by atoms with Crippen LogP contribution in [0.1, 0.15) is 29.8 Å². The zero-order valence-corrected chi connectivity index (χ0v) is 15.1. The van der Waals surface area contributed by atoms with Gasteiger partial charge in [-0.3, -0.25) is 4.79 Å². The van der Waals surface area contributed by atoms with Crippen molar-refractivity contribution in [3.8, 4) is 5.75 Å². The van der Waals surface area contributed by atoms with Gasteiger partial charge in [-0.15, -0.1) is 11.8 Å². The first-order chi connectivity index (χ1) is 11.7. The molecule has 1 amide bonds. The Morgan fingerprint density at radius 1 is 1.12 bits per heavy atom. The van der Waals surface area contributed by atoms with E-state index in [1.807, 2.05) is 56.5 Å². The first-order valence-corrected chi connectivity index (χ1v) is 9.19. The van der Waals surface area contributed by atoms with Gasteiger partial charge in [0.2, 0.25) is 0 Å². The van der Waals surface area contributed by atoms with Gasteiger partial charge in [0.15, 0.2) is 0 Å². The average molecular weight is 345 g/mol. The second kappa shape index (κ2) is 9.35. The topological polar surface area (TPSA) is 47.6 Å². The number of hydrogen-bond acceptors (Lipinski definition) is 4. The number of thioether (sulfide) groups is 1. The molecule has 0 aliphatic carbocycles. The highest BCUT2D eigenvalue weighted by molar-refractivity contribution is 7.98. The first-order valence-electron chi connectivity index (χ1n) is 7.97. The Morgan fingerprint density at radius 3 is 2.62 bits per heavy atom. The van der Waals surface area contributed by atoms with Gasteiger partial charge in [-0.1, -0.05) is 12.1 Å². The molecule has 0 saturated carbocycles. The van der Waals surface area contributed by atoms with E-state index in [0.29, 0.717) is 25.4 Å². The number of ether oxygens (including phenoxy) is 2. The highest BCUT2D eigenvalue weighted by Gasteiger charge is 2.12. The van der Waals surface area contributed by atoms with Crippen LogP contribution < -0.4 is 10.1 Å². The fourth-order valence-corrected chi connectivity index (χ4v) is 2.84. The third-order valence-electron chi connectivity index (χ3n) is 3.44. The van der Waals surface area contributed by atoms with Crippen molar-refractivity contribution in [3.63, 3.8) is 0 Å². The van der Waals surface area contributed by atoms with Crippen molar-refractivity contribution in [3.05, 3.63) is 53.6 Å². The maximum absolute atomic E-state index is 12.6. The van der Waals surface area contributed by atoms with Crippen LogP contribution >= 0.6 is 11.8 Å². The summed E-state index contributed by atoms with van der Waals surface area (Å²) in [4.78, 5) is 13.6. The Balaban J connectivity index is 2.22. The van der Waals surface area contributed by atoms with Crippen LogP contribution in [0.25, 0.3) is 0 Å². The van der Waals surface area contributed by atoms with Crippen molar-refractivity contribution in [1.82, 2.24) is 0 Å². The van der Waals surface area contributed by atoms with Crippen LogP contribution in [-0.4, -0.2) is 25.4 Å². The number of hydrogen-bond donors (Lipinski definition) is 1. The summed E-state index contributed by atoms with van der Waals surface area (Å²) >= 11 is 1.60. The molecule has 0 bridgehead atoms. The van der Waals surface area contributed by atoms with Gasteiger partial charge >= 0.3 is 0 Å². The highest BCUT2D eigenvalue weighted by atomic mass is 32.2. The number of anilines is 1. The van der Waals surface area contributed by atoms with Crippen LogP contribution in [0.15, 0.2) is 47.4 Å². The number of rotatable bonds is 8. The molecule has 0 aliphatic rings. The lowest BCUT2D eigenvalue weighted by Gasteiger charge is -2.13. The van der Waals surface area contributed by atoms with Crippen LogP contribution in [0.3, 0.4) is 0 Å². The Labute approximate surface area is 147 Å². The van der Waals surface area contributed by atoms with Crippen LogP contribution in [0.4, 0.5) is 5.69 Å². The summed E-state index contributed by atoms with van der Waals surface area (Å²) in [5, 5.41) is 2.97. The lowest BCUT2D eigenvalue weighted by Crippen LogP contribution is -2.13. The lowest BCUT2D eigenvalue weighted by atomic mass is 10.1. The molecular formula is C19H23NO3S. The van der Waals surface area contributed by atoms with E-state index in [1.165, 1.54) is 0 Å².